The molecule has 3 nitrogen and oxygen atoms in total. The predicted molar refractivity (Wildman–Crippen MR) is 49.5 cm³/mol. The average molecular weight is 182 g/mol. The van der Waals surface area contributed by atoms with Crippen molar-refractivity contribution in [2.45, 2.75) is 10.3 Å². The van der Waals surface area contributed by atoms with Crippen molar-refractivity contribution in [2.24, 2.45) is 11.5 Å². The Labute approximate surface area is 75.1 Å². The second-order valence-corrected chi connectivity index (χ2v) is 3.47. The summed E-state index contributed by atoms with van der Waals surface area (Å²) in [4.78, 5) is 11.5. The van der Waals surface area contributed by atoms with Crippen LogP contribution in [0.5, 0.6) is 0 Å². The normalized spacial score (nSPS) is 12.4. The van der Waals surface area contributed by atoms with Crippen molar-refractivity contribution in [1.82, 2.24) is 0 Å². The summed E-state index contributed by atoms with van der Waals surface area (Å²) in [6, 6.07) is 9.44. The van der Waals surface area contributed by atoms with Crippen molar-refractivity contribution in [3.63, 3.8) is 0 Å². The first kappa shape index (κ1) is 9.09. The van der Waals surface area contributed by atoms with Crippen LogP contribution in [0, 0.1) is 0 Å². The zero-order valence-corrected chi connectivity index (χ0v) is 7.25. The van der Waals surface area contributed by atoms with Gasteiger partial charge in [-0.05, 0) is 12.1 Å². The lowest BCUT2D eigenvalue weighted by Crippen LogP contribution is -2.33. The van der Waals surface area contributed by atoms with E-state index in [0.717, 1.165) is 4.90 Å². The number of hydrogen-bond donors (Lipinski definition) is 2. The molecule has 1 aromatic carbocycles. The molecule has 0 bridgehead atoms. The van der Waals surface area contributed by atoms with Gasteiger partial charge in [-0.25, -0.2) is 0 Å². The molecule has 0 heterocycles. The number of nitrogens with two attached hydrogens (primary N) is 2. The van der Waals surface area contributed by atoms with Crippen LogP contribution in [0.3, 0.4) is 0 Å². The highest BCUT2D eigenvalue weighted by Crippen LogP contribution is 2.19. The monoisotopic (exact) mass is 182 g/mol. The molecule has 12 heavy (non-hydrogen) atoms. The van der Waals surface area contributed by atoms with E-state index in [1.165, 1.54) is 11.8 Å². The molecule has 1 aromatic rings. The molecule has 0 saturated heterocycles. The van der Waals surface area contributed by atoms with Crippen LogP contribution in [0.4, 0.5) is 0 Å². The summed E-state index contributed by atoms with van der Waals surface area (Å²) < 4.78 is 0. The van der Waals surface area contributed by atoms with Crippen molar-refractivity contribution in [3.05, 3.63) is 30.3 Å². The smallest absolute Gasteiger partial charge is 0.245 e. The molecule has 1 amide bonds. The largest absolute Gasteiger partial charge is 0.368 e. The lowest BCUT2D eigenvalue weighted by atomic mass is 10.4. The summed E-state index contributed by atoms with van der Waals surface area (Å²) in [6.07, 6.45) is 0. The van der Waals surface area contributed by atoms with E-state index in [1.54, 1.807) is 0 Å². The number of primary amides is 1. The van der Waals surface area contributed by atoms with Gasteiger partial charge in [-0.1, -0.05) is 30.0 Å². The molecule has 1 rings (SSSR count). The maximum Gasteiger partial charge on any atom is 0.245 e. The van der Waals surface area contributed by atoms with Gasteiger partial charge in [-0.2, -0.15) is 0 Å². The molecular formula is C8H10N2OS. The van der Waals surface area contributed by atoms with E-state index in [1.807, 2.05) is 30.3 Å². The summed E-state index contributed by atoms with van der Waals surface area (Å²) in [7, 11) is 0. The second kappa shape index (κ2) is 4.13. The van der Waals surface area contributed by atoms with E-state index in [4.69, 9.17) is 11.5 Å². The van der Waals surface area contributed by atoms with Gasteiger partial charge < -0.3 is 11.5 Å². The molecule has 0 fully saturated rings. The zero-order valence-electron chi connectivity index (χ0n) is 6.44. The number of carbonyl (C=O) groups excluding carboxylic acids is 1. The van der Waals surface area contributed by atoms with Crippen molar-refractivity contribution in [1.29, 1.82) is 0 Å². The highest BCUT2D eigenvalue weighted by atomic mass is 32.2. The fraction of sp³-hybridized carbons (Fsp3) is 0.125. The third-order valence-corrected chi connectivity index (χ3v) is 2.32. The molecule has 0 spiro atoms. The van der Waals surface area contributed by atoms with Gasteiger partial charge in [0.15, 0.2) is 0 Å². The van der Waals surface area contributed by atoms with Crippen LogP contribution in [-0.2, 0) is 4.79 Å². The Balaban J connectivity index is 2.58. The first-order chi connectivity index (χ1) is 5.70. The molecular weight excluding hydrogens is 172 g/mol. The van der Waals surface area contributed by atoms with Crippen LogP contribution in [0.15, 0.2) is 35.2 Å². The third-order valence-electron chi connectivity index (χ3n) is 1.29. The van der Waals surface area contributed by atoms with Crippen molar-refractivity contribution >= 4 is 17.7 Å². The molecule has 0 aliphatic carbocycles. The van der Waals surface area contributed by atoms with Gasteiger partial charge in [-0.15, -0.1) is 0 Å². The summed E-state index contributed by atoms with van der Waals surface area (Å²) in [6.45, 7) is 0. The Hall–Kier alpha value is -1.00. The first-order valence-corrected chi connectivity index (χ1v) is 4.34. The van der Waals surface area contributed by atoms with E-state index in [2.05, 4.69) is 0 Å². The number of carbonyl (C=O) groups is 1. The lowest BCUT2D eigenvalue weighted by Gasteiger charge is -2.05. The predicted octanol–water partition coefficient (Wildman–Crippen LogP) is 0.549. The summed E-state index contributed by atoms with van der Waals surface area (Å²) in [5, 5.41) is -0.660. The number of rotatable bonds is 3. The van der Waals surface area contributed by atoms with E-state index in [0.29, 0.717) is 0 Å². The third kappa shape index (κ3) is 2.56. The van der Waals surface area contributed by atoms with Crippen LogP contribution in [-0.4, -0.2) is 11.3 Å². The zero-order chi connectivity index (χ0) is 8.97. The topological polar surface area (TPSA) is 69.1 Å². The molecule has 4 N–H and O–H groups in total. The van der Waals surface area contributed by atoms with Gasteiger partial charge in [0.1, 0.15) is 5.37 Å². The quantitative estimate of drug-likeness (QED) is 0.529. The van der Waals surface area contributed by atoms with Crippen LogP contribution >= 0.6 is 11.8 Å². The second-order valence-electron chi connectivity index (χ2n) is 2.25. The van der Waals surface area contributed by atoms with E-state index in [-0.39, 0.29) is 0 Å². The Bertz CT molecular complexity index is 263. The van der Waals surface area contributed by atoms with Crippen molar-refractivity contribution < 1.29 is 4.79 Å². The molecule has 0 aliphatic heterocycles. The Morgan fingerprint density at radius 1 is 1.33 bits per heavy atom. The van der Waals surface area contributed by atoms with Gasteiger partial charge >= 0.3 is 0 Å². The maximum atomic E-state index is 10.6. The Morgan fingerprint density at radius 2 is 1.92 bits per heavy atom. The highest BCUT2D eigenvalue weighted by molar-refractivity contribution is 8.00. The van der Waals surface area contributed by atoms with Crippen LogP contribution in [0.25, 0.3) is 0 Å². The molecule has 1 unspecified atom stereocenters. The van der Waals surface area contributed by atoms with E-state index >= 15 is 0 Å². The highest BCUT2D eigenvalue weighted by Gasteiger charge is 2.09. The van der Waals surface area contributed by atoms with Gasteiger partial charge in [0, 0.05) is 4.90 Å². The van der Waals surface area contributed by atoms with E-state index in [9.17, 15) is 4.79 Å². The number of amides is 1. The molecule has 0 aromatic heterocycles. The molecule has 0 radical (unpaired) electrons. The Morgan fingerprint density at radius 3 is 2.42 bits per heavy atom. The minimum Gasteiger partial charge on any atom is -0.368 e. The van der Waals surface area contributed by atoms with E-state index < -0.39 is 11.3 Å². The van der Waals surface area contributed by atoms with Gasteiger partial charge in [0.05, 0.1) is 0 Å². The van der Waals surface area contributed by atoms with Gasteiger partial charge in [0.25, 0.3) is 0 Å². The number of thioether (sulfide) groups is 1. The molecule has 4 heteroatoms. The minimum atomic E-state index is -0.660. The summed E-state index contributed by atoms with van der Waals surface area (Å²) >= 11 is 1.25. The lowest BCUT2D eigenvalue weighted by molar-refractivity contribution is -0.117. The molecule has 64 valence electrons. The fourth-order valence-corrected chi connectivity index (χ4v) is 1.43. The molecule has 0 saturated carbocycles. The first-order valence-electron chi connectivity index (χ1n) is 3.47. The minimum absolute atomic E-state index is 0.496. The summed E-state index contributed by atoms with van der Waals surface area (Å²) in [5.41, 5.74) is 10.4. The van der Waals surface area contributed by atoms with Crippen molar-refractivity contribution in [2.75, 3.05) is 0 Å². The number of hydrogen-bond acceptors (Lipinski definition) is 3. The van der Waals surface area contributed by atoms with Crippen LogP contribution in [0.2, 0.25) is 0 Å². The van der Waals surface area contributed by atoms with Crippen LogP contribution in [0.1, 0.15) is 0 Å². The SMILES string of the molecule is NC(=O)C(N)Sc1ccccc1. The summed E-state index contributed by atoms with van der Waals surface area (Å²) in [5.74, 6) is -0.496. The molecule has 1 atom stereocenters. The van der Waals surface area contributed by atoms with Gasteiger partial charge in [0.2, 0.25) is 5.91 Å². The fourth-order valence-electron chi connectivity index (χ4n) is 0.704. The molecule has 0 aliphatic rings. The standard InChI is InChI=1S/C8H10N2OS/c9-7(11)8(10)12-6-4-2-1-3-5-6/h1-5,8H,10H2,(H2,9,11). The van der Waals surface area contributed by atoms with Crippen LogP contribution < -0.4 is 11.5 Å². The number of benzene rings is 1. The maximum absolute atomic E-state index is 10.6. The van der Waals surface area contributed by atoms with Crippen molar-refractivity contribution in [3.8, 4) is 0 Å². The average Bonchev–Trinajstić information content (AvgIpc) is 2.06. The van der Waals surface area contributed by atoms with Gasteiger partial charge in [-0.3, -0.25) is 4.79 Å². The Kier molecular flexibility index (Phi) is 3.13.